The molecule has 1 aromatic heterocycles. The zero-order valence-corrected chi connectivity index (χ0v) is 12.5. The van der Waals surface area contributed by atoms with Crippen molar-refractivity contribution in [1.82, 2.24) is 10.6 Å². The van der Waals surface area contributed by atoms with Gasteiger partial charge >= 0.3 is 6.03 Å². The highest BCUT2D eigenvalue weighted by molar-refractivity contribution is 5.74. The third-order valence-corrected chi connectivity index (χ3v) is 3.12. The van der Waals surface area contributed by atoms with Gasteiger partial charge in [-0.1, -0.05) is 0 Å². The lowest BCUT2D eigenvalue weighted by molar-refractivity contribution is 0.159. The van der Waals surface area contributed by atoms with Gasteiger partial charge in [-0.15, -0.1) is 0 Å². The highest BCUT2D eigenvalue weighted by atomic mass is 16.5. The summed E-state index contributed by atoms with van der Waals surface area (Å²) in [6, 6.07) is 1.13. The van der Waals surface area contributed by atoms with Gasteiger partial charge < -0.3 is 24.9 Å². The Morgan fingerprint density at radius 1 is 1.45 bits per heavy atom. The number of nitrogens with one attached hydrogen (secondary N) is 2. The second kappa shape index (κ2) is 7.91. The summed E-state index contributed by atoms with van der Waals surface area (Å²) >= 11 is 0. The van der Waals surface area contributed by atoms with Gasteiger partial charge in [-0.05, 0) is 33.3 Å². The Bertz CT molecular complexity index is 431. The molecule has 0 aromatic carbocycles. The van der Waals surface area contributed by atoms with Crippen molar-refractivity contribution in [3.63, 3.8) is 0 Å². The first-order valence-electron chi connectivity index (χ1n) is 6.71. The maximum atomic E-state index is 11.9. The molecule has 0 radical (unpaired) electrons. The first kappa shape index (κ1) is 16.5. The van der Waals surface area contributed by atoms with Gasteiger partial charge in [0.1, 0.15) is 11.5 Å². The molecule has 0 aliphatic rings. The normalized spacial score (nSPS) is 13.8. The molecule has 2 atom stereocenters. The minimum absolute atomic E-state index is 0.116. The van der Waals surface area contributed by atoms with Crippen LogP contribution in [0.25, 0.3) is 0 Å². The number of urea groups is 1. The molecule has 0 aliphatic heterocycles. The quantitative estimate of drug-likeness (QED) is 0.711. The molecule has 0 bridgehead atoms. The summed E-state index contributed by atoms with van der Waals surface area (Å²) in [5.41, 5.74) is 0.954. The Morgan fingerprint density at radius 2 is 2.15 bits per heavy atom. The van der Waals surface area contributed by atoms with E-state index in [0.717, 1.165) is 17.1 Å². The molecule has 114 valence electrons. The maximum absolute atomic E-state index is 11.9. The molecule has 0 unspecified atom stereocenters. The van der Waals surface area contributed by atoms with Crippen LogP contribution in [0.5, 0.6) is 0 Å². The Hall–Kier alpha value is -1.53. The van der Waals surface area contributed by atoms with Crippen LogP contribution in [-0.4, -0.2) is 37.5 Å². The molecular formula is C14H24N2O4. The Labute approximate surface area is 119 Å². The molecule has 1 rings (SSSR count). The summed E-state index contributed by atoms with van der Waals surface area (Å²) in [6.45, 7) is 6.00. The molecule has 0 spiro atoms. The van der Waals surface area contributed by atoms with Crippen molar-refractivity contribution in [2.75, 3.05) is 20.3 Å². The van der Waals surface area contributed by atoms with E-state index in [1.54, 1.807) is 7.11 Å². The number of carbonyl (C=O) groups excluding carboxylic acids is 1. The number of methoxy groups -OCH3 is 1. The van der Waals surface area contributed by atoms with E-state index in [-0.39, 0.29) is 24.7 Å². The van der Waals surface area contributed by atoms with E-state index in [9.17, 15) is 9.90 Å². The summed E-state index contributed by atoms with van der Waals surface area (Å²) in [7, 11) is 1.58. The third-order valence-electron chi connectivity index (χ3n) is 3.12. The molecule has 1 aromatic rings. The molecule has 6 nitrogen and oxygen atoms in total. The maximum Gasteiger partial charge on any atom is 0.315 e. The lowest BCUT2D eigenvalue weighted by Crippen LogP contribution is -2.45. The fourth-order valence-corrected chi connectivity index (χ4v) is 2.05. The van der Waals surface area contributed by atoms with Crippen molar-refractivity contribution in [3.8, 4) is 0 Å². The summed E-state index contributed by atoms with van der Waals surface area (Å²) in [5.74, 6) is 1.62. The van der Waals surface area contributed by atoms with Crippen LogP contribution in [0.1, 0.15) is 36.5 Å². The standard InChI is InChI=1S/C14H24N2O4/c1-9-7-13(11(3)20-9)10(2)15-14(18)16-12(8-17)5-6-19-4/h7,10,12,17H,5-6,8H2,1-4H3,(H2,15,16,18)/t10-,12-/m0/s1. The number of furan rings is 1. The van der Waals surface area contributed by atoms with E-state index in [2.05, 4.69) is 10.6 Å². The molecule has 0 saturated heterocycles. The van der Waals surface area contributed by atoms with Gasteiger partial charge in [0.05, 0.1) is 18.7 Å². The Morgan fingerprint density at radius 3 is 2.65 bits per heavy atom. The number of amides is 2. The molecule has 1 heterocycles. The highest BCUT2D eigenvalue weighted by Crippen LogP contribution is 2.20. The van der Waals surface area contributed by atoms with Crippen molar-refractivity contribution in [3.05, 3.63) is 23.2 Å². The number of ether oxygens (including phenoxy) is 1. The number of aliphatic hydroxyl groups is 1. The number of carbonyl (C=O) groups is 1. The van der Waals surface area contributed by atoms with Crippen LogP contribution in [0.4, 0.5) is 4.79 Å². The van der Waals surface area contributed by atoms with Crippen LogP contribution >= 0.6 is 0 Å². The Kier molecular flexibility index (Phi) is 6.54. The summed E-state index contributed by atoms with van der Waals surface area (Å²) in [6.07, 6.45) is 0.568. The summed E-state index contributed by atoms with van der Waals surface area (Å²) < 4.78 is 10.4. The average Bonchev–Trinajstić information content (AvgIpc) is 2.73. The molecule has 2 amide bonds. The van der Waals surface area contributed by atoms with Gasteiger partial charge in [0.2, 0.25) is 0 Å². The lowest BCUT2D eigenvalue weighted by Gasteiger charge is -2.19. The monoisotopic (exact) mass is 284 g/mol. The predicted octanol–water partition coefficient (Wildman–Crippen LogP) is 1.65. The molecule has 0 aliphatic carbocycles. The summed E-state index contributed by atoms with van der Waals surface area (Å²) in [5, 5.41) is 14.7. The van der Waals surface area contributed by atoms with E-state index in [0.29, 0.717) is 13.0 Å². The smallest absolute Gasteiger partial charge is 0.315 e. The zero-order chi connectivity index (χ0) is 15.1. The topological polar surface area (TPSA) is 83.7 Å². The highest BCUT2D eigenvalue weighted by Gasteiger charge is 2.17. The fraction of sp³-hybridized carbons (Fsp3) is 0.643. The number of hydrogen-bond acceptors (Lipinski definition) is 4. The van der Waals surface area contributed by atoms with Crippen molar-refractivity contribution in [2.45, 2.75) is 39.3 Å². The van der Waals surface area contributed by atoms with E-state index >= 15 is 0 Å². The molecule has 20 heavy (non-hydrogen) atoms. The zero-order valence-electron chi connectivity index (χ0n) is 12.5. The van der Waals surface area contributed by atoms with E-state index in [1.807, 2.05) is 26.8 Å². The van der Waals surface area contributed by atoms with Crippen molar-refractivity contribution >= 4 is 6.03 Å². The first-order valence-corrected chi connectivity index (χ1v) is 6.71. The molecule has 0 fully saturated rings. The minimum atomic E-state index is -0.314. The van der Waals surface area contributed by atoms with Gasteiger partial charge in [0.15, 0.2) is 0 Å². The SMILES string of the molecule is COCC[C@@H](CO)NC(=O)N[C@@H](C)c1cc(C)oc1C. The lowest BCUT2D eigenvalue weighted by atomic mass is 10.1. The van der Waals surface area contributed by atoms with Crippen LogP contribution < -0.4 is 10.6 Å². The largest absolute Gasteiger partial charge is 0.466 e. The van der Waals surface area contributed by atoms with Crippen LogP contribution in [-0.2, 0) is 4.74 Å². The van der Waals surface area contributed by atoms with Gasteiger partial charge in [0, 0.05) is 19.3 Å². The fourth-order valence-electron chi connectivity index (χ4n) is 2.05. The minimum Gasteiger partial charge on any atom is -0.466 e. The predicted molar refractivity (Wildman–Crippen MR) is 75.6 cm³/mol. The van der Waals surface area contributed by atoms with Gasteiger partial charge in [-0.2, -0.15) is 0 Å². The second-order valence-electron chi connectivity index (χ2n) is 4.87. The van der Waals surface area contributed by atoms with Crippen molar-refractivity contribution < 1.29 is 19.1 Å². The number of rotatable bonds is 7. The second-order valence-corrected chi connectivity index (χ2v) is 4.87. The molecular weight excluding hydrogens is 260 g/mol. The number of hydrogen-bond donors (Lipinski definition) is 3. The van der Waals surface area contributed by atoms with E-state index in [1.165, 1.54) is 0 Å². The van der Waals surface area contributed by atoms with Crippen molar-refractivity contribution in [1.29, 1.82) is 0 Å². The first-order chi connectivity index (χ1) is 9.47. The molecule has 0 saturated carbocycles. The van der Waals surface area contributed by atoms with Crippen LogP contribution in [0.3, 0.4) is 0 Å². The third kappa shape index (κ3) is 4.86. The van der Waals surface area contributed by atoms with E-state index < -0.39 is 0 Å². The van der Waals surface area contributed by atoms with Crippen molar-refractivity contribution in [2.24, 2.45) is 0 Å². The van der Waals surface area contributed by atoms with Crippen LogP contribution in [0, 0.1) is 13.8 Å². The number of aliphatic hydroxyl groups excluding tert-OH is 1. The van der Waals surface area contributed by atoms with Crippen LogP contribution in [0.15, 0.2) is 10.5 Å². The average molecular weight is 284 g/mol. The number of aryl methyl sites for hydroxylation is 2. The van der Waals surface area contributed by atoms with Gasteiger partial charge in [0.25, 0.3) is 0 Å². The van der Waals surface area contributed by atoms with Gasteiger partial charge in [-0.25, -0.2) is 4.79 Å². The van der Waals surface area contributed by atoms with Gasteiger partial charge in [-0.3, -0.25) is 0 Å². The summed E-state index contributed by atoms with van der Waals surface area (Å²) in [4.78, 5) is 11.9. The Balaban J connectivity index is 2.50. The van der Waals surface area contributed by atoms with E-state index in [4.69, 9.17) is 9.15 Å². The van der Waals surface area contributed by atoms with Crippen LogP contribution in [0.2, 0.25) is 0 Å². The molecule has 3 N–H and O–H groups in total. The molecule has 6 heteroatoms.